The summed E-state index contributed by atoms with van der Waals surface area (Å²) in [5, 5.41) is 2.82. The molecule has 0 aliphatic rings. The quantitative estimate of drug-likeness (QED) is 0.623. The van der Waals surface area contributed by atoms with Crippen LogP contribution in [0.5, 0.6) is 0 Å². The molecular weight excluding hydrogens is 142 g/mol. The summed E-state index contributed by atoms with van der Waals surface area (Å²) in [4.78, 5) is 15.2. The van der Waals surface area contributed by atoms with E-state index in [9.17, 15) is 4.79 Å². The lowest BCUT2D eigenvalue weighted by atomic mass is 10.4. The molecule has 0 amide bonds. The van der Waals surface area contributed by atoms with Gasteiger partial charge in [0.05, 0.1) is 0 Å². The van der Waals surface area contributed by atoms with E-state index < -0.39 is 0 Å². The Kier molecular flexibility index (Phi) is 1.94. The molecule has 0 aliphatic heterocycles. The largest absolute Gasteiger partial charge is 0.359 e. The van der Waals surface area contributed by atoms with Crippen LogP contribution in [0.3, 0.4) is 0 Å². The monoisotopic (exact) mass is 153 g/mol. The Bertz CT molecular complexity index is 316. The molecule has 0 saturated heterocycles. The molecule has 1 N–H and O–H groups in total. The van der Waals surface area contributed by atoms with Gasteiger partial charge >= 0.3 is 0 Å². The maximum atomic E-state index is 11.2. The van der Waals surface area contributed by atoms with Gasteiger partial charge in [0.1, 0.15) is 0 Å². The number of rotatable bonds is 1. The predicted molar refractivity (Wildman–Crippen MR) is 43.8 cm³/mol. The lowest BCUT2D eigenvalue weighted by molar-refractivity contribution is 0.822. The van der Waals surface area contributed by atoms with E-state index in [-0.39, 0.29) is 5.56 Å². The van der Waals surface area contributed by atoms with Crippen LogP contribution in [-0.4, -0.2) is 16.6 Å². The summed E-state index contributed by atoms with van der Waals surface area (Å²) in [5.74, 6) is 0.584. The minimum atomic E-state index is -0.00986. The Labute approximate surface area is 64.9 Å². The second kappa shape index (κ2) is 2.74. The fraction of sp³-hybridized carbons (Fsp3) is 0.429. The minimum absolute atomic E-state index is 0.00986. The summed E-state index contributed by atoms with van der Waals surface area (Å²) in [6.45, 7) is 1.74. The SMILES string of the molecule is CNc1ncc(C)c(=O)n1C. The van der Waals surface area contributed by atoms with Crippen LogP contribution in [-0.2, 0) is 7.05 Å². The lowest BCUT2D eigenvalue weighted by Gasteiger charge is -2.05. The van der Waals surface area contributed by atoms with E-state index in [0.717, 1.165) is 0 Å². The van der Waals surface area contributed by atoms with Gasteiger partial charge in [-0.2, -0.15) is 0 Å². The van der Waals surface area contributed by atoms with Gasteiger partial charge in [-0.05, 0) is 6.92 Å². The Hall–Kier alpha value is -1.32. The van der Waals surface area contributed by atoms with Crippen molar-refractivity contribution >= 4 is 5.95 Å². The number of aryl methyl sites for hydroxylation is 1. The van der Waals surface area contributed by atoms with Crippen molar-refractivity contribution in [2.75, 3.05) is 12.4 Å². The number of hydrogen-bond donors (Lipinski definition) is 1. The van der Waals surface area contributed by atoms with Gasteiger partial charge in [0.25, 0.3) is 5.56 Å². The van der Waals surface area contributed by atoms with Gasteiger partial charge in [-0.1, -0.05) is 0 Å². The van der Waals surface area contributed by atoms with Crippen LogP contribution in [0.15, 0.2) is 11.0 Å². The van der Waals surface area contributed by atoms with Crippen LogP contribution in [0.2, 0.25) is 0 Å². The number of anilines is 1. The molecule has 0 atom stereocenters. The molecule has 0 unspecified atom stereocenters. The average Bonchev–Trinajstić information content (AvgIpc) is 2.01. The van der Waals surface area contributed by atoms with E-state index in [4.69, 9.17) is 0 Å². The first kappa shape index (κ1) is 7.78. The number of hydrogen-bond acceptors (Lipinski definition) is 3. The summed E-state index contributed by atoms with van der Waals surface area (Å²) in [6, 6.07) is 0. The van der Waals surface area contributed by atoms with Crippen molar-refractivity contribution < 1.29 is 0 Å². The number of nitrogens with zero attached hydrogens (tertiary/aromatic N) is 2. The molecule has 4 nitrogen and oxygen atoms in total. The molecule has 0 bridgehead atoms. The molecule has 0 aromatic carbocycles. The smallest absolute Gasteiger partial charge is 0.257 e. The fourth-order valence-corrected chi connectivity index (χ4v) is 0.893. The van der Waals surface area contributed by atoms with Gasteiger partial charge < -0.3 is 5.32 Å². The molecule has 0 spiro atoms. The third kappa shape index (κ3) is 1.24. The van der Waals surface area contributed by atoms with Crippen molar-refractivity contribution in [1.29, 1.82) is 0 Å². The summed E-state index contributed by atoms with van der Waals surface area (Å²) >= 11 is 0. The highest BCUT2D eigenvalue weighted by atomic mass is 16.1. The zero-order valence-corrected chi connectivity index (χ0v) is 6.88. The van der Waals surface area contributed by atoms with Crippen molar-refractivity contribution in [3.8, 4) is 0 Å². The molecule has 1 aromatic heterocycles. The van der Waals surface area contributed by atoms with Crippen molar-refractivity contribution in [3.63, 3.8) is 0 Å². The second-order valence-electron chi connectivity index (χ2n) is 2.38. The van der Waals surface area contributed by atoms with Crippen LogP contribution < -0.4 is 10.9 Å². The number of nitrogens with one attached hydrogen (secondary N) is 1. The van der Waals surface area contributed by atoms with Crippen molar-refractivity contribution in [2.45, 2.75) is 6.92 Å². The summed E-state index contributed by atoms with van der Waals surface area (Å²) in [7, 11) is 3.42. The van der Waals surface area contributed by atoms with Gasteiger partial charge in [-0.25, -0.2) is 4.98 Å². The van der Waals surface area contributed by atoms with Crippen LogP contribution >= 0.6 is 0 Å². The third-order valence-corrected chi connectivity index (χ3v) is 1.56. The molecule has 0 saturated carbocycles. The maximum absolute atomic E-state index is 11.2. The molecular formula is C7H11N3O. The predicted octanol–water partition coefficient (Wildman–Crippen LogP) is 0.130. The van der Waals surface area contributed by atoms with E-state index in [1.807, 2.05) is 0 Å². The van der Waals surface area contributed by atoms with Gasteiger partial charge in [-0.15, -0.1) is 0 Å². The van der Waals surface area contributed by atoms with Crippen molar-refractivity contribution in [3.05, 3.63) is 22.1 Å². The molecule has 1 aromatic rings. The van der Waals surface area contributed by atoms with E-state index in [1.54, 1.807) is 27.2 Å². The maximum Gasteiger partial charge on any atom is 0.257 e. The van der Waals surface area contributed by atoms with E-state index in [2.05, 4.69) is 10.3 Å². The molecule has 0 fully saturated rings. The molecule has 0 radical (unpaired) electrons. The first-order valence-electron chi connectivity index (χ1n) is 3.37. The van der Waals surface area contributed by atoms with Crippen LogP contribution in [0, 0.1) is 6.92 Å². The molecule has 4 heteroatoms. The summed E-state index contributed by atoms with van der Waals surface area (Å²) in [5.41, 5.74) is 0.649. The standard InChI is InChI=1S/C7H11N3O/c1-5-4-9-7(8-2)10(3)6(5)11/h4H,1-3H3,(H,8,9). The Morgan fingerprint density at radius 2 is 2.27 bits per heavy atom. The zero-order chi connectivity index (χ0) is 8.43. The van der Waals surface area contributed by atoms with Gasteiger partial charge in [0.2, 0.25) is 5.95 Å². The first-order valence-corrected chi connectivity index (χ1v) is 3.37. The molecule has 60 valence electrons. The van der Waals surface area contributed by atoms with Crippen LogP contribution in [0.4, 0.5) is 5.95 Å². The number of aromatic nitrogens is 2. The van der Waals surface area contributed by atoms with Gasteiger partial charge in [0.15, 0.2) is 0 Å². The second-order valence-corrected chi connectivity index (χ2v) is 2.38. The average molecular weight is 153 g/mol. The Morgan fingerprint density at radius 1 is 1.64 bits per heavy atom. The molecule has 0 aliphatic carbocycles. The van der Waals surface area contributed by atoms with Crippen molar-refractivity contribution in [2.24, 2.45) is 7.05 Å². The molecule has 11 heavy (non-hydrogen) atoms. The molecule has 1 rings (SSSR count). The highest BCUT2D eigenvalue weighted by Crippen LogP contribution is 1.95. The summed E-state index contributed by atoms with van der Waals surface area (Å²) in [6.07, 6.45) is 1.56. The summed E-state index contributed by atoms with van der Waals surface area (Å²) < 4.78 is 1.48. The van der Waals surface area contributed by atoms with Crippen LogP contribution in [0.1, 0.15) is 5.56 Å². The Morgan fingerprint density at radius 3 is 2.82 bits per heavy atom. The molecule has 1 heterocycles. The van der Waals surface area contributed by atoms with Crippen molar-refractivity contribution in [1.82, 2.24) is 9.55 Å². The van der Waals surface area contributed by atoms with Gasteiger partial charge in [0, 0.05) is 25.9 Å². The lowest BCUT2D eigenvalue weighted by Crippen LogP contribution is -2.22. The van der Waals surface area contributed by atoms with Crippen LogP contribution in [0.25, 0.3) is 0 Å². The first-order chi connectivity index (χ1) is 5.16. The fourth-order valence-electron chi connectivity index (χ4n) is 0.893. The zero-order valence-electron chi connectivity index (χ0n) is 6.88. The minimum Gasteiger partial charge on any atom is -0.359 e. The van der Waals surface area contributed by atoms with E-state index in [0.29, 0.717) is 11.5 Å². The van der Waals surface area contributed by atoms with Gasteiger partial charge in [-0.3, -0.25) is 9.36 Å². The van der Waals surface area contributed by atoms with E-state index >= 15 is 0 Å². The Balaban J connectivity index is 3.37. The third-order valence-electron chi connectivity index (χ3n) is 1.56. The normalized spacial score (nSPS) is 9.73. The van der Waals surface area contributed by atoms with E-state index in [1.165, 1.54) is 4.57 Å². The highest BCUT2D eigenvalue weighted by Gasteiger charge is 1.99. The topological polar surface area (TPSA) is 46.9 Å². The highest BCUT2D eigenvalue weighted by molar-refractivity contribution is 5.25.